The highest BCUT2D eigenvalue weighted by atomic mass is 32.1. The number of anilines is 1. The predicted octanol–water partition coefficient (Wildman–Crippen LogP) is 3.38. The molecule has 1 aromatic carbocycles. The highest BCUT2D eigenvalue weighted by Crippen LogP contribution is 2.46. The first-order valence-electron chi connectivity index (χ1n) is 9.92. The number of nitrogens with zero attached hydrogens (tertiary/aromatic N) is 4. The normalized spacial score (nSPS) is 20.8. The van der Waals surface area contributed by atoms with Crippen molar-refractivity contribution in [3.05, 3.63) is 45.9 Å². The molecule has 0 bridgehead atoms. The van der Waals surface area contributed by atoms with Gasteiger partial charge in [0.25, 0.3) is 5.91 Å². The third-order valence-corrected chi connectivity index (χ3v) is 7.11. The van der Waals surface area contributed by atoms with E-state index in [1.807, 2.05) is 4.90 Å². The van der Waals surface area contributed by atoms with E-state index >= 15 is 0 Å². The van der Waals surface area contributed by atoms with E-state index in [9.17, 15) is 23.1 Å². The molecule has 31 heavy (non-hydrogen) atoms. The third-order valence-electron chi connectivity index (χ3n) is 6.52. The second-order valence-corrected chi connectivity index (χ2v) is 8.85. The zero-order chi connectivity index (χ0) is 22.2. The number of alkyl halides is 3. The molecule has 164 valence electrons. The molecule has 2 saturated heterocycles. The first-order valence-corrected chi connectivity index (χ1v) is 10.9. The first-order chi connectivity index (χ1) is 14.8. The maximum Gasteiger partial charge on any atom is 0.417 e. The molecule has 2 aliphatic rings. The molecule has 0 saturated carbocycles. The molecule has 2 aliphatic heterocycles. The lowest BCUT2D eigenvalue weighted by molar-refractivity contribution is -0.137. The van der Waals surface area contributed by atoms with Crippen molar-refractivity contribution >= 4 is 22.9 Å². The second-order valence-electron chi connectivity index (χ2n) is 8.13. The second kappa shape index (κ2) is 8.13. The topological polar surface area (TPSA) is 80.5 Å². The molecule has 3 heterocycles. The van der Waals surface area contributed by atoms with Crippen molar-refractivity contribution in [2.45, 2.75) is 19.0 Å². The summed E-state index contributed by atoms with van der Waals surface area (Å²) in [5, 5.41) is 20.7. The van der Waals surface area contributed by atoms with Crippen LogP contribution in [0.25, 0.3) is 0 Å². The predicted molar refractivity (Wildman–Crippen MR) is 109 cm³/mol. The molecule has 0 radical (unpaired) electrons. The van der Waals surface area contributed by atoms with Gasteiger partial charge in [0.2, 0.25) is 0 Å². The van der Waals surface area contributed by atoms with Crippen molar-refractivity contribution in [1.29, 1.82) is 5.26 Å². The number of carbonyl (C=O) groups excluding carboxylic acids is 1. The number of likely N-dealkylation sites (tertiary alicyclic amines) is 1. The minimum Gasteiger partial charge on any atom is -0.396 e. The lowest BCUT2D eigenvalue weighted by Crippen LogP contribution is -2.47. The molecule has 2 fully saturated rings. The van der Waals surface area contributed by atoms with E-state index in [1.165, 1.54) is 23.5 Å². The fourth-order valence-electron chi connectivity index (χ4n) is 4.74. The van der Waals surface area contributed by atoms with Crippen LogP contribution in [0, 0.1) is 22.7 Å². The number of nitriles is 1. The fraction of sp³-hybridized carbons (Fsp3) is 0.476. The zero-order valence-electron chi connectivity index (χ0n) is 16.6. The highest BCUT2D eigenvalue weighted by molar-refractivity contribution is 7.07. The van der Waals surface area contributed by atoms with Gasteiger partial charge in [-0.1, -0.05) is 0 Å². The number of hydrogen-bond acceptors (Lipinski definition) is 6. The van der Waals surface area contributed by atoms with Crippen LogP contribution in [-0.4, -0.2) is 53.7 Å². The lowest BCUT2D eigenvalue weighted by atomic mass is 9.71. The Morgan fingerprint density at radius 3 is 2.68 bits per heavy atom. The van der Waals surface area contributed by atoms with Crippen LogP contribution in [0.3, 0.4) is 0 Å². The zero-order valence-corrected chi connectivity index (χ0v) is 17.4. The molecule has 1 amide bonds. The molecule has 1 spiro atoms. The summed E-state index contributed by atoms with van der Waals surface area (Å²) >= 11 is 1.36. The number of aliphatic hydroxyl groups is 1. The maximum atomic E-state index is 13.4. The van der Waals surface area contributed by atoms with Gasteiger partial charge < -0.3 is 14.9 Å². The van der Waals surface area contributed by atoms with E-state index in [-0.39, 0.29) is 23.8 Å². The van der Waals surface area contributed by atoms with Gasteiger partial charge in [0.15, 0.2) is 0 Å². The standard InChI is InChI=1S/C21H21F3N4O2S/c22-21(23,24)17-7-16(2-1-14(17)8-25)28-9-15(10-29)20(12-28)3-5-27(6-4-20)19(30)18-11-31-13-26-18/h1-2,7,11,13,15,29H,3-6,9-10,12H2. The molecule has 2 aromatic rings. The lowest BCUT2D eigenvalue weighted by Gasteiger charge is -2.42. The van der Waals surface area contributed by atoms with E-state index < -0.39 is 17.3 Å². The van der Waals surface area contributed by atoms with Crippen LogP contribution >= 0.6 is 11.3 Å². The van der Waals surface area contributed by atoms with Crippen molar-refractivity contribution in [3.63, 3.8) is 0 Å². The Bertz CT molecular complexity index is 995. The smallest absolute Gasteiger partial charge is 0.396 e. The number of aromatic nitrogens is 1. The van der Waals surface area contributed by atoms with Gasteiger partial charge in [-0.05, 0) is 36.5 Å². The summed E-state index contributed by atoms with van der Waals surface area (Å²) < 4.78 is 40.1. The summed E-state index contributed by atoms with van der Waals surface area (Å²) in [4.78, 5) is 20.2. The number of hydrogen-bond donors (Lipinski definition) is 1. The number of halogens is 3. The first kappa shape index (κ1) is 21.6. The van der Waals surface area contributed by atoms with E-state index in [0.29, 0.717) is 50.4 Å². The van der Waals surface area contributed by atoms with Crippen molar-refractivity contribution in [2.75, 3.05) is 37.7 Å². The van der Waals surface area contributed by atoms with Gasteiger partial charge in [-0.15, -0.1) is 11.3 Å². The van der Waals surface area contributed by atoms with Crippen LogP contribution in [0.1, 0.15) is 34.5 Å². The average Bonchev–Trinajstić information content (AvgIpc) is 3.41. The number of amides is 1. The molecule has 0 aliphatic carbocycles. The summed E-state index contributed by atoms with van der Waals surface area (Å²) in [6.07, 6.45) is -3.30. The Kier molecular flexibility index (Phi) is 5.66. The van der Waals surface area contributed by atoms with Crippen molar-refractivity contribution < 1.29 is 23.1 Å². The van der Waals surface area contributed by atoms with Crippen LogP contribution in [0.4, 0.5) is 18.9 Å². The Morgan fingerprint density at radius 1 is 1.35 bits per heavy atom. The van der Waals surface area contributed by atoms with Crippen LogP contribution in [0.5, 0.6) is 0 Å². The number of thiazole rings is 1. The summed E-state index contributed by atoms with van der Waals surface area (Å²) in [5.74, 6) is -0.220. The van der Waals surface area contributed by atoms with E-state index in [4.69, 9.17) is 5.26 Å². The average molecular weight is 450 g/mol. The molecule has 6 nitrogen and oxygen atoms in total. The molecule has 1 N–H and O–H groups in total. The molecular formula is C21H21F3N4O2S. The molecule has 4 rings (SSSR count). The maximum absolute atomic E-state index is 13.4. The SMILES string of the molecule is N#Cc1ccc(N2CC(CO)C3(CCN(C(=O)c4cscn4)CC3)C2)cc1C(F)(F)F. The Balaban J connectivity index is 1.52. The number of benzene rings is 1. The summed E-state index contributed by atoms with van der Waals surface area (Å²) in [5.41, 5.74) is 0.796. The largest absolute Gasteiger partial charge is 0.417 e. The quantitative estimate of drug-likeness (QED) is 0.776. The summed E-state index contributed by atoms with van der Waals surface area (Å²) in [6, 6.07) is 5.35. The van der Waals surface area contributed by atoms with Gasteiger partial charge in [-0.3, -0.25) is 4.79 Å². The van der Waals surface area contributed by atoms with E-state index in [0.717, 1.165) is 6.07 Å². The molecular weight excluding hydrogens is 429 g/mol. The molecule has 1 aromatic heterocycles. The third kappa shape index (κ3) is 4.00. The van der Waals surface area contributed by atoms with Gasteiger partial charge in [0.05, 0.1) is 22.7 Å². The Labute approximate surface area is 181 Å². The summed E-state index contributed by atoms with van der Waals surface area (Å²) in [7, 11) is 0. The number of carbonyl (C=O) groups is 1. The van der Waals surface area contributed by atoms with E-state index in [1.54, 1.807) is 21.9 Å². The fourth-order valence-corrected chi connectivity index (χ4v) is 5.27. The van der Waals surface area contributed by atoms with Crippen LogP contribution in [0.15, 0.2) is 29.1 Å². The minimum atomic E-state index is -4.61. The van der Waals surface area contributed by atoms with Gasteiger partial charge in [0, 0.05) is 49.8 Å². The summed E-state index contributed by atoms with van der Waals surface area (Å²) in [6.45, 7) is 1.89. The highest BCUT2D eigenvalue weighted by Gasteiger charge is 2.48. The van der Waals surface area contributed by atoms with Gasteiger partial charge in [-0.25, -0.2) is 4.98 Å². The van der Waals surface area contributed by atoms with Crippen molar-refractivity contribution in [2.24, 2.45) is 11.3 Å². The number of rotatable bonds is 3. The van der Waals surface area contributed by atoms with Gasteiger partial charge >= 0.3 is 6.18 Å². The molecule has 1 atom stereocenters. The Hall–Kier alpha value is -2.64. The van der Waals surface area contributed by atoms with Crippen LogP contribution in [0.2, 0.25) is 0 Å². The Morgan fingerprint density at radius 2 is 2.10 bits per heavy atom. The number of piperidine rings is 1. The van der Waals surface area contributed by atoms with Crippen LogP contribution in [-0.2, 0) is 6.18 Å². The minimum absolute atomic E-state index is 0.0705. The van der Waals surface area contributed by atoms with Gasteiger partial charge in [-0.2, -0.15) is 18.4 Å². The van der Waals surface area contributed by atoms with E-state index in [2.05, 4.69) is 4.98 Å². The van der Waals surface area contributed by atoms with Crippen molar-refractivity contribution in [1.82, 2.24) is 9.88 Å². The number of aliphatic hydroxyl groups excluding tert-OH is 1. The molecule has 10 heteroatoms. The van der Waals surface area contributed by atoms with Crippen LogP contribution < -0.4 is 4.90 Å². The monoisotopic (exact) mass is 450 g/mol. The van der Waals surface area contributed by atoms with Gasteiger partial charge in [0.1, 0.15) is 5.69 Å². The van der Waals surface area contributed by atoms with Crippen molar-refractivity contribution in [3.8, 4) is 6.07 Å². The molecule has 1 unspecified atom stereocenters.